The molecule has 0 saturated heterocycles. The molecule has 0 N–H and O–H groups in total. The second kappa shape index (κ2) is 9.03. The molecule has 3 atom stereocenters. The van der Waals surface area contributed by atoms with Crippen LogP contribution in [0.2, 0.25) is 10.2 Å². The zero-order chi connectivity index (χ0) is 28.0. The summed E-state index contributed by atoms with van der Waals surface area (Å²) in [6.45, 7) is 0. The topological polar surface area (TPSA) is 95.0 Å². The molecule has 204 valence electrons. The number of carbonyl (C=O) groups is 1. The summed E-state index contributed by atoms with van der Waals surface area (Å²) < 4.78 is 18.5. The van der Waals surface area contributed by atoms with Gasteiger partial charge in [-0.15, -0.1) is 5.10 Å². The van der Waals surface area contributed by atoms with Crippen molar-refractivity contribution in [2.75, 3.05) is 0 Å². The normalized spacial score (nSPS) is 22.5. The number of benzene rings is 2. The number of aryl methyl sites for hydroxylation is 1. The number of carbonyl (C=O) groups excluding carboxylic acids is 1. The molecule has 0 radical (unpaired) electrons. The average molecular weight is 587 g/mol. The fourth-order valence-electron chi connectivity index (χ4n) is 6.58. The number of hydrogen-bond acceptors (Lipinski definition) is 6. The van der Waals surface area contributed by atoms with Crippen LogP contribution >= 0.6 is 23.2 Å². The Hall–Kier alpha value is -3.95. The fourth-order valence-corrected chi connectivity index (χ4v) is 6.88. The van der Waals surface area contributed by atoms with Gasteiger partial charge in [-0.05, 0) is 53.6 Å². The van der Waals surface area contributed by atoms with Crippen LogP contribution in [0.4, 0.5) is 4.39 Å². The van der Waals surface area contributed by atoms with E-state index in [1.807, 2.05) is 18.2 Å². The van der Waals surface area contributed by atoms with Gasteiger partial charge in [0, 0.05) is 53.1 Å². The molecule has 8 rings (SSSR count). The summed E-state index contributed by atoms with van der Waals surface area (Å²) in [6.07, 6.45) is 4.39. The van der Waals surface area contributed by atoms with Gasteiger partial charge >= 0.3 is 0 Å². The molecule has 4 heterocycles. The van der Waals surface area contributed by atoms with Gasteiger partial charge in [-0.2, -0.15) is 4.39 Å². The van der Waals surface area contributed by atoms with Crippen molar-refractivity contribution in [3.8, 4) is 16.9 Å². The first-order valence-electron chi connectivity index (χ1n) is 13.5. The van der Waals surface area contributed by atoms with E-state index in [0.717, 1.165) is 23.1 Å². The molecule has 11 heteroatoms. The van der Waals surface area contributed by atoms with Gasteiger partial charge in [0.25, 0.3) is 5.56 Å². The van der Waals surface area contributed by atoms with Crippen molar-refractivity contribution in [3.05, 3.63) is 97.7 Å². The van der Waals surface area contributed by atoms with Gasteiger partial charge in [-0.25, -0.2) is 14.7 Å². The van der Waals surface area contributed by atoms with Crippen LogP contribution in [0.25, 0.3) is 22.5 Å². The fraction of sp³-hybridized carbons (Fsp3) is 0.267. The summed E-state index contributed by atoms with van der Waals surface area (Å²) in [5.41, 5.74) is 5.57. The van der Waals surface area contributed by atoms with Gasteiger partial charge in [-0.3, -0.25) is 14.2 Å². The van der Waals surface area contributed by atoms with Crippen molar-refractivity contribution in [2.24, 2.45) is 10.9 Å². The molecule has 0 bridgehead atoms. The van der Waals surface area contributed by atoms with E-state index >= 15 is 4.39 Å². The van der Waals surface area contributed by atoms with Gasteiger partial charge in [0.05, 0.1) is 23.6 Å². The third kappa shape index (κ3) is 4.01. The first-order chi connectivity index (χ1) is 19.8. The molecular weight excluding hydrogens is 566 g/mol. The Labute approximate surface area is 243 Å². The molecule has 4 aliphatic rings. The summed E-state index contributed by atoms with van der Waals surface area (Å²) in [7, 11) is 0. The number of rotatable bonds is 4. The highest BCUT2D eigenvalue weighted by Gasteiger charge is 2.56. The molecule has 0 spiro atoms. The summed E-state index contributed by atoms with van der Waals surface area (Å²) in [5, 5.41) is 8.64. The van der Waals surface area contributed by atoms with Crippen LogP contribution in [0.1, 0.15) is 53.7 Å². The highest BCUT2D eigenvalue weighted by atomic mass is 35.5. The predicted molar refractivity (Wildman–Crippen MR) is 152 cm³/mol. The molecule has 1 saturated carbocycles. The van der Waals surface area contributed by atoms with Crippen molar-refractivity contribution >= 4 is 40.3 Å². The number of aromatic nitrogens is 5. The van der Waals surface area contributed by atoms with Crippen molar-refractivity contribution in [1.82, 2.24) is 24.5 Å². The minimum atomic E-state index is -0.509. The summed E-state index contributed by atoms with van der Waals surface area (Å²) in [5.74, 6) is 0.661. The van der Waals surface area contributed by atoms with Gasteiger partial charge in [0.1, 0.15) is 11.6 Å². The Morgan fingerprint density at radius 2 is 1.85 bits per heavy atom. The number of nitrogens with zero attached hydrogens (tertiary/aromatic N) is 6. The highest BCUT2D eigenvalue weighted by Crippen LogP contribution is 2.60. The SMILES string of the molecule is O=C1CCc2cc(C3=C(F)N=C([C@@H]4[C@H]5C[C@H]5c5nc(-c6cc(Cl)ccc6-n6cc(Cl)nn6)cc(=O)n54)C3)ccc2C1. The molecule has 1 fully saturated rings. The minimum absolute atomic E-state index is 0.104. The number of aliphatic imine (C=N–C) groups is 1. The highest BCUT2D eigenvalue weighted by molar-refractivity contribution is 6.31. The first kappa shape index (κ1) is 24.8. The molecule has 41 heavy (non-hydrogen) atoms. The lowest BCUT2D eigenvalue weighted by atomic mass is 9.87. The number of fused-ring (bicyclic) bond motifs is 4. The summed E-state index contributed by atoms with van der Waals surface area (Å²) in [6, 6.07) is 12.2. The first-order valence-corrected chi connectivity index (χ1v) is 14.2. The maximum absolute atomic E-state index is 15.3. The second-order valence-corrected chi connectivity index (χ2v) is 11.9. The Morgan fingerprint density at radius 3 is 2.68 bits per heavy atom. The third-order valence-corrected chi connectivity index (χ3v) is 9.00. The van der Waals surface area contributed by atoms with Crippen LogP contribution in [0, 0.1) is 5.92 Å². The van der Waals surface area contributed by atoms with E-state index in [2.05, 4.69) is 15.3 Å². The van der Waals surface area contributed by atoms with Gasteiger partial charge in [0.15, 0.2) is 5.15 Å². The molecule has 2 aromatic carbocycles. The standard InChI is InChI=1S/C30H21Cl2FN6O2/c31-17-4-6-25(38-13-26(32)36-37-38)22(9-17)23-12-27(41)39-28(20-10-21(20)30(39)35-23)24-11-19(29(33)34-24)16-2-1-15-8-18(40)5-3-14(15)7-16/h1-2,4,6-7,9,12-13,20-21,28H,3,5,8,10-11H2/t20-,21+,28-/m0/s1. The van der Waals surface area contributed by atoms with E-state index in [0.29, 0.717) is 64.8 Å². The molecule has 8 nitrogen and oxygen atoms in total. The molecule has 4 aromatic rings. The number of halogens is 3. The summed E-state index contributed by atoms with van der Waals surface area (Å²) in [4.78, 5) is 34.8. The van der Waals surface area contributed by atoms with Crippen LogP contribution in [-0.4, -0.2) is 36.0 Å². The molecule has 0 unspecified atom stereocenters. The molecule has 2 aliphatic carbocycles. The van der Waals surface area contributed by atoms with Crippen molar-refractivity contribution in [1.29, 1.82) is 0 Å². The van der Waals surface area contributed by atoms with E-state index in [4.69, 9.17) is 28.2 Å². The molecule has 2 aromatic heterocycles. The zero-order valence-corrected chi connectivity index (χ0v) is 23.0. The van der Waals surface area contributed by atoms with Gasteiger partial charge in [-0.1, -0.05) is 46.6 Å². The number of ketones is 1. The summed E-state index contributed by atoms with van der Waals surface area (Å²) >= 11 is 12.3. The van der Waals surface area contributed by atoms with E-state index in [-0.39, 0.29) is 34.4 Å². The van der Waals surface area contributed by atoms with Crippen molar-refractivity contribution < 1.29 is 9.18 Å². The van der Waals surface area contributed by atoms with Crippen LogP contribution in [0.5, 0.6) is 0 Å². The van der Waals surface area contributed by atoms with E-state index in [1.54, 1.807) is 29.0 Å². The number of Topliss-reactive ketones (excluding diaryl/α,β-unsaturated/α-hetero) is 1. The molecule has 0 amide bonds. The molecular formula is C30H21Cl2FN6O2. The lowest BCUT2D eigenvalue weighted by molar-refractivity contribution is -0.118. The van der Waals surface area contributed by atoms with Crippen LogP contribution in [0.3, 0.4) is 0 Å². The smallest absolute Gasteiger partial charge is 0.254 e. The third-order valence-electron chi connectivity index (χ3n) is 8.59. The predicted octanol–water partition coefficient (Wildman–Crippen LogP) is 5.70. The van der Waals surface area contributed by atoms with Crippen LogP contribution < -0.4 is 5.56 Å². The van der Waals surface area contributed by atoms with E-state index in [9.17, 15) is 9.59 Å². The second-order valence-electron chi connectivity index (χ2n) is 11.1. The molecule has 2 aliphatic heterocycles. The Bertz CT molecular complexity index is 1940. The van der Waals surface area contributed by atoms with Gasteiger partial charge < -0.3 is 0 Å². The van der Waals surface area contributed by atoms with Crippen molar-refractivity contribution in [2.45, 2.75) is 44.1 Å². The van der Waals surface area contributed by atoms with Crippen LogP contribution in [0.15, 0.2) is 64.4 Å². The largest absolute Gasteiger partial charge is 0.299 e. The van der Waals surface area contributed by atoms with Gasteiger partial charge in [0.2, 0.25) is 5.95 Å². The minimum Gasteiger partial charge on any atom is -0.299 e. The number of allylic oxidation sites excluding steroid dienone is 1. The monoisotopic (exact) mass is 586 g/mol. The quantitative estimate of drug-likeness (QED) is 0.286. The average Bonchev–Trinajstić information content (AvgIpc) is 3.27. The Balaban J connectivity index is 1.13. The van der Waals surface area contributed by atoms with E-state index in [1.165, 1.54) is 10.7 Å². The number of hydrogen-bond donors (Lipinski definition) is 0. The van der Waals surface area contributed by atoms with Crippen molar-refractivity contribution in [3.63, 3.8) is 0 Å². The zero-order valence-electron chi connectivity index (χ0n) is 21.5. The maximum atomic E-state index is 15.3. The van der Waals surface area contributed by atoms with Crippen LogP contribution in [-0.2, 0) is 17.6 Å². The Kier molecular flexibility index (Phi) is 5.46. The maximum Gasteiger partial charge on any atom is 0.254 e. The Morgan fingerprint density at radius 1 is 0.976 bits per heavy atom. The lowest BCUT2D eigenvalue weighted by Gasteiger charge is -2.19. The lowest BCUT2D eigenvalue weighted by Crippen LogP contribution is -2.30. The van der Waals surface area contributed by atoms with E-state index < -0.39 is 5.95 Å².